The molecule has 2 spiro atoms. The number of para-hydroxylation sites is 1. The number of hydrogen-bond acceptors (Lipinski definition) is 5. The lowest BCUT2D eigenvalue weighted by atomic mass is 9.50. The Hall–Kier alpha value is -3.09. The summed E-state index contributed by atoms with van der Waals surface area (Å²) in [5.41, 5.74) is 6.27. The van der Waals surface area contributed by atoms with Gasteiger partial charge in [-0.15, -0.1) is 0 Å². The molecule has 6 heteroatoms. The van der Waals surface area contributed by atoms with Crippen LogP contribution in [0.4, 0.5) is 11.4 Å². The third-order valence-electron chi connectivity index (χ3n) is 10.7. The lowest BCUT2D eigenvalue weighted by Crippen LogP contribution is -2.73. The molecule has 3 fully saturated rings. The van der Waals surface area contributed by atoms with E-state index in [9.17, 15) is 4.79 Å². The molecule has 2 aromatic carbocycles. The Morgan fingerprint density at radius 3 is 2.63 bits per heavy atom. The number of amides is 1. The summed E-state index contributed by atoms with van der Waals surface area (Å²) in [6.45, 7) is 8.10. The number of nitrogens with zero attached hydrogens (tertiary/aromatic N) is 3. The Bertz CT molecular complexity index is 1430. The molecular formula is C32H36N4O2. The molecule has 1 amide bonds. The second kappa shape index (κ2) is 7.30. The number of carbonyl (C=O) groups is 1. The van der Waals surface area contributed by atoms with Gasteiger partial charge in [-0.1, -0.05) is 48.6 Å². The molecule has 2 bridgehead atoms. The molecule has 1 N–H and O–H groups in total. The molecule has 6 aliphatic heterocycles. The lowest BCUT2D eigenvalue weighted by molar-refractivity contribution is -0.137. The van der Waals surface area contributed by atoms with Gasteiger partial charge in [0, 0.05) is 43.0 Å². The summed E-state index contributed by atoms with van der Waals surface area (Å²) < 4.78 is 6.43. The number of rotatable bonds is 3. The van der Waals surface area contributed by atoms with Crippen LogP contribution in [0.2, 0.25) is 0 Å². The number of nitrogens with one attached hydrogen (secondary N) is 1. The summed E-state index contributed by atoms with van der Waals surface area (Å²) in [6, 6.07) is 15.9. The van der Waals surface area contributed by atoms with E-state index in [0.717, 1.165) is 25.9 Å². The molecule has 7 atom stereocenters. The smallest absolute Gasteiger partial charge is 0.247 e. The fourth-order valence-electron chi connectivity index (χ4n) is 9.30. The Balaban J connectivity index is 1.44. The molecule has 0 saturated carbocycles. The van der Waals surface area contributed by atoms with E-state index in [0.29, 0.717) is 0 Å². The highest BCUT2D eigenvalue weighted by Gasteiger charge is 2.77. The van der Waals surface area contributed by atoms with Gasteiger partial charge in [0.05, 0.1) is 23.2 Å². The number of carbonyl (C=O) groups excluding carboxylic acids is 1. The molecule has 196 valence electrons. The van der Waals surface area contributed by atoms with Crippen molar-refractivity contribution in [2.45, 2.75) is 74.5 Å². The first-order valence-corrected chi connectivity index (χ1v) is 14.1. The number of ether oxygens (including phenoxy) is 1. The standard InChI is InChI=1S/C32H36N4O2/c1-5-6-7-15-24(37)35-18-16-31-21-12-8-9-13-22(21)33-28-32(31)17-19-36(29(31)35)26(27-30(2,3)38-27)20-11-10-14-23(25(20)32)34(28)4/h5-15,26-29,33H,16-19H2,1-4H3/b6-5+,15-7+/t26-,27?,28+,29+,31-,32+/m1/s1. The van der Waals surface area contributed by atoms with Gasteiger partial charge in [-0.05, 0) is 62.4 Å². The zero-order valence-electron chi connectivity index (χ0n) is 22.6. The molecule has 8 rings (SSSR count). The van der Waals surface area contributed by atoms with Crippen molar-refractivity contribution >= 4 is 17.3 Å². The van der Waals surface area contributed by atoms with Crippen LogP contribution in [0.3, 0.4) is 0 Å². The van der Waals surface area contributed by atoms with E-state index in [1.165, 1.54) is 28.1 Å². The van der Waals surface area contributed by atoms with Crippen molar-refractivity contribution in [2.75, 3.05) is 30.4 Å². The van der Waals surface area contributed by atoms with Gasteiger partial charge in [0.1, 0.15) is 12.3 Å². The number of allylic oxidation sites excluding steroid dienone is 3. The molecule has 3 saturated heterocycles. The van der Waals surface area contributed by atoms with Crippen molar-refractivity contribution in [3.05, 3.63) is 83.5 Å². The fraction of sp³-hybridized carbons (Fsp3) is 0.469. The van der Waals surface area contributed by atoms with Gasteiger partial charge in [-0.3, -0.25) is 9.69 Å². The average Bonchev–Trinajstić information content (AvgIpc) is 3.31. The van der Waals surface area contributed by atoms with Crippen LogP contribution in [0.1, 0.15) is 56.3 Å². The Labute approximate surface area is 224 Å². The average molecular weight is 509 g/mol. The quantitative estimate of drug-likeness (QED) is 0.370. The van der Waals surface area contributed by atoms with Crippen molar-refractivity contribution in [1.29, 1.82) is 0 Å². The zero-order chi connectivity index (χ0) is 26.0. The minimum atomic E-state index is -0.217. The van der Waals surface area contributed by atoms with Crippen LogP contribution >= 0.6 is 0 Å². The molecule has 2 unspecified atom stereocenters. The van der Waals surface area contributed by atoms with Crippen molar-refractivity contribution < 1.29 is 9.53 Å². The number of piperidine rings is 1. The number of epoxide rings is 1. The second-order valence-electron chi connectivity index (χ2n) is 12.5. The maximum atomic E-state index is 13.9. The highest BCUT2D eigenvalue weighted by molar-refractivity contribution is 5.89. The fourth-order valence-corrected chi connectivity index (χ4v) is 9.30. The molecule has 6 nitrogen and oxygen atoms in total. The molecule has 0 aromatic heterocycles. The first-order chi connectivity index (χ1) is 18.4. The predicted molar refractivity (Wildman–Crippen MR) is 149 cm³/mol. The van der Waals surface area contributed by atoms with Crippen molar-refractivity contribution in [1.82, 2.24) is 9.80 Å². The SMILES string of the molecule is C/C=C/C=C/C(=O)N1CC[C@]23c4ccccc4N[C@H]4N(C)c5cccc6c5[C@@]42CCN([C@H]6C2OC2(C)C)[C@H]13. The van der Waals surface area contributed by atoms with Crippen LogP contribution in [0.25, 0.3) is 0 Å². The van der Waals surface area contributed by atoms with Gasteiger partial charge in [-0.25, -0.2) is 0 Å². The molecule has 6 heterocycles. The third kappa shape index (κ3) is 2.45. The predicted octanol–water partition coefficient (Wildman–Crippen LogP) is 4.69. The third-order valence-corrected chi connectivity index (χ3v) is 10.7. The van der Waals surface area contributed by atoms with Crippen LogP contribution in [0, 0.1) is 0 Å². The highest BCUT2D eigenvalue weighted by Crippen LogP contribution is 2.72. The number of anilines is 2. The number of hydrogen-bond donors (Lipinski definition) is 1. The summed E-state index contributed by atoms with van der Waals surface area (Å²) in [6.07, 6.45) is 9.76. The van der Waals surface area contributed by atoms with Crippen molar-refractivity contribution in [3.8, 4) is 0 Å². The largest absolute Gasteiger partial charge is 0.365 e. The maximum absolute atomic E-state index is 13.9. The molecule has 6 aliphatic rings. The van der Waals surface area contributed by atoms with E-state index in [4.69, 9.17) is 4.74 Å². The molecule has 0 aliphatic carbocycles. The van der Waals surface area contributed by atoms with E-state index in [1.54, 1.807) is 6.08 Å². The van der Waals surface area contributed by atoms with E-state index in [1.807, 2.05) is 25.2 Å². The number of fused-ring (bicyclic) bond motifs is 1. The Morgan fingerprint density at radius 1 is 1.05 bits per heavy atom. The van der Waals surface area contributed by atoms with E-state index in [2.05, 4.69) is 83.4 Å². The summed E-state index contributed by atoms with van der Waals surface area (Å²) in [5, 5.41) is 4.01. The van der Waals surface area contributed by atoms with Gasteiger partial charge < -0.3 is 19.9 Å². The van der Waals surface area contributed by atoms with Gasteiger partial charge >= 0.3 is 0 Å². The second-order valence-corrected chi connectivity index (χ2v) is 12.5. The molecule has 0 radical (unpaired) electrons. The summed E-state index contributed by atoms with van der Waals surface area (Å²) in [5.74, 6) is 0.104. The monoisotopic (exact) mass is 508 g/mol. The topological polar surface area (TPSA) is 51.4 Å². The van der Waals surface area contributed by atoms with Crippen LogP contribution in [0.5, 0.6) is 0 Å². The van der Waals surface area contributed by atoms with Crippen LogP contribution < -0.4 is 10.2 Å². The van der Waals surface area contributed by atoms with Crippen molar-refractivity contribution in [2.24, 2.45) is 0 Å². The minimum absolute atomic E-state index is 0.0403. The normalized spacial score (nSPS) is 38.7. The number of likely N-dealkylation sites (tertiary alicyclic amines) is 1. The van der Waals surface area contributed by atoms with Gasteiger partial charge in [0.15, 0.2) is 0 Å². The van der Waals surface area contributed by atoms with E-state index >= 15 is 0 Å². The van der Waals surface area contributed by atoms with Crippen LogP contribution in [-0.4, -0.2) is 59.9 Å². The minimum Gasteiger partial charge on any atom is -0.365 e. The zero-order valence-corrected chi connectivity index (χ0v) is 22.6. The van der Waals surface area contributed by atoms with Crippen molar-refractivity contribution in [3.63, 3.8) is 0 Å². The molecule has 2 aromatic rings. The highest BCUT2D eigenvalue weighted by atomic mass is 16.6. The lowest BCUT2D eigenvalue weighted by Gasteiger charge is -2.62. The van der Waals surface area contributed by atoms with Crippen LogP contribution in [-0.2, 0) is 20.4 Å². The summed E-state index contributed by atoms with van der Waals surface area (Å²) in [4.78, 5) is 21.3. The van der Waals surface area contributed by atoms with Gasteiger partial charge in [-0.2, -0.15) is 0 Å². The Kier molecular flexibility index (Phi) is 4.39. The number of benzene rings is 2. The maximum Gasteiger partial charge on any atom is 0.247 e. The summed E-state index contributed by atoms with van der Waals surface area (Å²) >= 11 is 0. The molecule has 38 heavy (non-hydrogen) atoms. The van der Waals surface area contributed by atoms with Gasteiger partial charge in [0.25, 0.3) is 0 Å². The van der Waals surface area contributed by atoms with Crippen LogP contribution in [0.15, 0.2) is 66.8 Å². The summed E-state index contributed by atoms with van der Waals surface area (Å²) in [7, 11) is 2.25. The van der Waals surface area contributed by atoms with E-state index < -0.39 is 0 Å². The van der Waals surface area contributed by atoms with Gasteiger partial charge in [0.2, 0.25) is 5.91 Å². The van der Waals surface area contributed by atoms with E-state index in [-0.39, 0.29) is 46.8 Å². The first kappa shape index (κ1) is 22.9. The molecular weight excluding hydrogens is 472 g/mol. The number of likely N-dealkylation sites (N-methyl/N-ethyl adjacent to an activating group) is 1. The first-order valence-electron chi connectivity index (χ1n) is 14.1. The Morgan fingerprint density at radius 2 is 1.84 bits per heavy atom.